The highest BCUT2D eigenvalue weighted by atomic mass is 15.0. The van der Waals surface area contributed by atoms with E-state index in [1.54, 1.807) is 0 Å². The van der Waals surface area contributed by atoms with Gasteiger partial charge in [-0.3, -0.25) is 0 Å². The lowest BCUT2D eigenvalue weighted by molar-refractivity contribution is 0.666. The molecule has 1 nitrogen and oxygen atoms in total. The van der Waals surface area contributed by atoms with Gasteiger partial charge in [0.05, 0.1) is 11.0 Å². The maximum atomic E-state index is 2.50. The average Bonchev–Trinajstić information content (AvgIpc) is 3.47. The third-order valence-corrected chi connectivity index (χ3v) is 9.30. The number of hydrogen-bond acceptors (Lipinski definition) is 0. The van der Waals surface area contributed by atoms with E-state index in [1.807, 2.05) is 0 Å². The minimum Gasteiger partial charge on any atom is -0.309 e. The predicted molar refractivity (Wildman–Crippen MR) is 171 cm³/mol. The topological polar surface area (TPSA) is 4.93 Å². The molecule has 1 heteroatoms. The summed E-state index contributed by atoms with van der Waals surface area (Å²) in [6.07, 6.45) is 0. The van der Waals surface area contributed by atoms with E-state index in [1.165, 1.54) is 82.1 Å². The summed E-state index contributed by atoms with van der Waals surface area (Å²) < 4.78 is 2.50. The molecule has 0 amide bonds. The van der Waals surface area contributed by atoms with Crippen molar-refractivity contribution >= 4 is 54.1 Å². The number of benzene rings is 7. The zero-order chi connectivity index (χ0) is 26.6. The first-order chi connectivity index (χ1) is 19.7. The molecule has 8 aromatic rings. The van der Waals surface area contributed by atoms with Crippen molar-refractivity contribution in [2.45, 2.75) is 19.3 Å². The van der Waals surface area contributed by atoms with E-state index >= 15 is 0 Å². The van der Waals surface area contributed by atoms with Gasteiger partial charge in [0.15, 0.2) is 0 Å². The molecule has 0 N–H and O–H groups in total. The lowest BCUT2D eigenvalue weighted by Crippen LogP contribution is -2.15. The second-order valence-electron chi connectivity index (χ2n) is 11.7. The highest BCUT2D eigenvalue weighted by molar-refractivity contribution is 6.39. The number of hydrogen-bond donors (Lipinski definition) is 0. The minimum absolute atomic E-state index is 0.0953. The van der Waals surface area contributed by atoms with Crippen LogP contribution in [0.2, 0.25) is 0 Å². The van der Waals surface area contributed by atoms with Crippen LogP contribution in [0.5, 0.6) is 0 Å². The number of para-hydroxylation sites is 2. The molecule has 0 saturated carbocycles. The molecule has 0 bridgehead atoms. The molecule has 0 fully saturated rings. The predicted octanol–water partition coefficient (Wildman–Crippen LogP) is 10.5. The zero-order valence-electron chi connectivity index (χ0n) is 22.6. The minimum atomic E-state index is -0.0953. The molecule has 0 aliphatic heterocycles. The van der Waals surface area contributed by atoms with E-state index in [0.29, 0.717) is 0 Å². The zero-order valence-corrected chi connectivity index (χ0v) is 22.6. The van der Waals surface area contributed by atoms with Crippen LogP contribution in [0, 0.1) is 0 Å². The van der Waals surface area contributed by atoms with E-state index in [4.69, 9.17) is 0 Å². The molecule has 0 unspecified atom stereocenters. The van der Waals surface area contributed by atoms with Crippen LogP contribution < -0.4 is 0 Å². The van der Waals surface area contributed by atoms with Crippen molar-refractivity contribution in [3.05, 3.63) is 139 Å². The van der Waals surface area contributed by atoms with E-state index in [9.17, 15) is 0 Å². The van der Waals surface area contributed by atoms with Gasteiger partial charge in [0.1, 0.15) is 0 Å². The Morgan fingerprint density at radius 2 is 1.02 bits per heavy atom. The summed E-state index contributed by atoms with van der Waals surface area (Å²) in [4.78, 5) is 0. The van der Waals surface area contributed by atoms with Crippen LogP contribution in [0.15, 0.2) is 127 Å². The molecule has 0 radical (unpaired) electrons. The number of aromatic nitrogens is 1. The lowest BCUT2D eigenvalue weighted by atomic mass is 9.78. The van der Waals surface area contributed by atoms with Gasteiger partial charge >= 0.3 is 0 Å². The monoisotopic (exact) mass is 509 g/mol. The van der Waals surface area contributed by atoms with Gasteiger partial charge in [-0.25, -0.2) is 0 Å². The summed E-state index contributed by atoms with van der Waals surface area (Å²) in [6.45, 7) is 4.80. The molecule has 7 aromatic carbocycles. The molecule has 9 rings (SSSR count). The normalized spacial score (nSPS) is 13.9. The molecule has 0 atom stereocenters. The summed E-state index contributed by atoms with van der Waals surface area (Å²) in [5.74, 6) is 0. The van der Waals surface area contributed by atoms with Crippen molar-refractivity contribution in [2.24, 2.45) is 0 Å². The molecule has 1 aliphatic carbocycles. The van der Waals surface area contributed by atoms with Crippen molar-refractivity contribution < 1.29 is 0 Å². The summed E-state index contributed by atoms with van der Waals surface area (Å²) >= 11 is 0. The first-order valence-electron chi connectivity index (χ1n) is 14.1. The Bertz CT molecular complexity index is 2330. The van der Waals surface area contributed by atoms with Crippen LogP contribution in [0.1, 0.15) is 25.0 Å². The molecule has 1 aliphatic rings. The Labute approximate surface area is 232 Å². The first kappa shape index (κ1) is 22.0. The van der Waals surface area contributed by atoms with Gasteiger partial charge in [0, 0.05) is 32.6 Å². The van der Waals surface area contributed by atoms with Gasteiger partial charge in [-0.15, -0.1) is 0 Å². The van der Waals surface area contributed by atoms with Crippen molar-refractivity contribution in [1.29, 1.82) is 0 Å². The van der Waals surface area contributed by atoms with E-state index in [2.05, 4.69) is 146 Å². The third kappa shape index (κ3) is 2.58. The molecular formula is C39H27N. The largest absolute Gasteiger partial charge is 0.309 e. The van der Waals surface area contributed by atoms with Gasteiger partial charge < -0.3 is 4.57 Å². The Morgan fingerprint density at radius 3 is 1.77 bits per heavy atom. The molecule has 188 valence electrons. The van der Waals surface area contributed by atoms with E-state index < -0.39 is 0 Å². The molecule has 1 aromatic heterocycles. The maximum Gasteiger partial charge on any atom is 0.0632 e. The Balaban J connectivity index is 1.70. The highest BCUT2D eigenvalue weighted by Crippen LogP contribution is 2.57. The standard InChI is InChI=1S/C39H27N/c1-39(2)31-22-12-10-20-29(31)35-34-26-17-7-6-16-25(26)33-30-21-11-13-23-32(30)40(24-14-4-3-5-15-24)38(33)36(34)27-18-8-9-19-28(27)37(35)39/h3-23H,1-2H3. The smallest absolute Gasteiger partial charge is 0.0632 e. The Hall–Kier alpha value is -4.88. The number of nitrogens with zero attached hydrogens (tertiary/aromatic N) is 1. The summed E-state index contributed by atoms with van der Waals surface area (Å²) in [5, 5.41) is 10.7. The third-order valence-electron chi connectivity index (χ3n) is 9.30. The summed E-state index contributed by atoms with van der Waals surface area (Å²) in [6, 6.07) is 47.0. The molecular weight excluding hydrogens is 482 g/mol. The summed E-state index contributed by atoms with van der Waals surface area (Å²) in [7, 11) is 0. The number of rotatable bonds is 1. The van der Waals surface area contributed by atoms with Gasteiger partial charge in [-0.1, -0.05) is 123 Å². The van der Waals surface area contributed by atoms with E-state index in [0.717, 1.165) is 0 Å². The fraction of sp³-hybridized carbons (Fsp3) is 0.0769. The number of fused-ring (bicyclic) bond motifs is 15. The molecule has 0 spiro atoms. The lowest BCUT2D eigenvalue weighted by Gasteiger charge is -2.25. The first-order valence-corrected chi connectivity index (χ1v) is 14.1. The van der Waals surface area contributed by atoms with Crippen LogP contribution in [0.4, 0.5) is 0 Å². The second kappa shape index (κ2) is 7.61. The average molecular weight is 510 g/mol. The fourth-order valence-corrected chi connectivity index (χ4v) is 7.77. The molecule has 1 heterocycles. The SMILES string of the molecule is CC1(C)c2ccccc2-c2c1c1ccccc1c1c2c2ccccc2c2c3ccccc3n(-c3ccccc3)c21. The Kier molecular flexibility index (Phi) is 4.18. The van der Waals surface area contributed by atoms with Gasteiger partial charge in [-0.2, -0.15) is 0 Å². The van der Waals surface area contributed by atoms with Crippen LogP contribution in [0.3, 0.4) is 0 Å². The quantitative estimate of drug-likeness (QED) is 0.194. The van der Waals surface area contributed by atoms with Crippen LogP contribution >= 0.6 is 0 Å². The highest BCUT2D eigenvalue weighted by Gasteiger charge is 2.39. The van der Waals surface area contributed by atoms with Crippen molar-refractivity contribution in [1.82, 2.24) is 4.57 Å². The maximum absolute atomic E-state index is 2.50. The van der Waals surface area contributed by atoms with Gasteiger partial charge in [-0.05, 0) is 62.0 Å². The molecule has 0 saturated heterocycles. The van der Waals surface area contributed by atoms with Gasteiger partial charge in [0.25, 0.3) is 0 Å². The van der Waals surface area contributed by atoms with Gasteiger partial charge in [0.2, 0.25) is 0 Å². The van der Waals surface area contributed by atoms with Crippen molar-refractivity contribution in [3.63, 3.8) is 0 Å². The Morgan fingerprint density at radius 1 is 0.475 bits per heavy atom. The fourth-order valence-electron chi connectivity index (χ4n) is 7.77. The van der Waals surface area contributed by atoms with Crippen LogP contribution in [-0.2, 0) is 5.41 Å². The second-order valence-corrected chi connectivity index (χ2v) is 11.7. The van der Waals surface area contributed by atoms with Crippen molar-refractivity contribution in [2.75, 3.05) is 0 Å². The van der Waals surface area contributed by atoms with Crippen LogP contribution in [0.25, 0.3) is 70.9 Å². The van der Waals surface area contributed by atoms with Crippen LogP contribution in [-0.4, -0.2) is 4.57 Å². The molecule has 40 heavy (non-hydrogen) atoms. The van der Waals surface area contributed by atoms with E-state index in [-0.39, 0.29) is 5.41 Å². The summed E-state index contributed by atoms with van der Waals surface area (Å²) in [5.41, 5.74) is 9.26. The van der Waals surface area contributed by atoms with Crippen molar-refractivity contribution in [3.8, 4) is 16.8 Å².